The number of hydrogen-bond donors (Lipinski definition) is 1. The second-order valence-corrected chi connectivity index (χ2v) is 6.29. The summed E-state index contributed by atoms with van der Waals surface area (Å²) < 4.78 is 6.87. The van der Waals surface area contributed by atoms with Crippen LogP contribution in [0.15, 0.2) is 39.9 Å². The maximum absolute atomic E-state index is 12.5. The minimum absolute atomic E-state index is 0.261. The Labute approximate surface area is 159 Å². The number of nitrogen functional groups attached to an aromatic ring is 1. The number of Topliss-reactive ketones (excluding diaryl/α,β-unsaturated/α-hetero) is 1. The van der Waals surface area contributed by atoms with E-state index in [0.29, 0.717) is 16.6 Å². The quantitative estimate of drug-likeness (QED) is 0.516. The molecule has 0 spiro atoms. The summed E-state index contributed by atoms with van der Waals surface area (Å²) in [6.45, 7) is 1.05. The van der Waals surface area contributed by atoms with Crippen LogP contribution in [0.25, 0.3) is 10.9 Å². The molecule has 3 aromatic rings. The van der Waals surface area contributed by atoms with Crippen molar-refractivity contribution in [3.8, 4) is 0 Å². The molecule has 9 heteroatoms. The van der Waals surface area contributed by atoms with Crippen molar-refractivity contribution in [1.82, 2.24) is 14.1 Å². The first-order chi connectivity index (χ1) is 13.2. The van der Waals surface area contributed by atoms with Crippen LogP contribution >= 0.6 is 0 Å². The third kappa shape index (κ3) is 3.18. The Kier molecular flexibility index (Phi) is 4.83. The fraction of sp³-hybridized carbons (Fsp3) is 0.211. The van der Waals surface area contributed by atoms with Gasteiger partial charge >= 0.3 is 11.7 Å². The van der Waals surface area contributed by atoms with Crippen LogP contribution in [0.3, 0.4) is 0 Å². The Morgan fingerprint density at radius 2 is 1.82 bits per heavy atom. The smallest absolute Gasteiger partial charge is 0.339 e. The maximum atomic E-state index is 12.5. The van der Waals surface area contributed by atoms with Crippen molar-refractivity contribution in [3.63, 3.8) is 0 Å². The van der Waals surface area contributed by atoms with Crippen molar-refractivity contribution >= 4 is 28.5 Å². The van der Waals surface area contributed by atoms with E-state index in [1.165, 1.54) is 14.1 Å². The van der Waals surface area contributed by atoms with Crippen molar-refractivity contribution < 1.29 is 14.3 Å². The first-order valence-corrected chi connectivity index (χ1v) is 8.34. The molecule has 2 aromatic heterocycles. The van der Waals surface area contributed by atoms with E-state index in [4.69, 9.17) is 10.5 Å². The molecule has 0 saturated heterocycles. The largest absolute Gasteiger partial charge is 0.454 e. The number of esters is 1. The first-order valence-electron chi connectivity index (χ1n) is 8.34. The van der Waals surface area contributed by atoms with Crippen LogP contribution in [0.2, 0.25) is 0 Å². The molecule has 2 heterocycles. The van der Waals surface area contributed by atoms with Crippen molar-refractivity contribution in [1.29, 1.82) is 0 Å². The monoisotopic (exact) mass is 382 g/mol. The topological polar surface area (TPSA) is 126 Å². The molecular weight excluding hydrogens is 364 g/mol. The van der Waals surface area contributed by atoms with E-state index in [-0.39, 0.29) is 11.4 Å². The normalized spacial score (nSPS) is 10.8. The summed E-state index contributed by atoms with van der Waals surface area (Å²) in [5, 5.41) is 0.586. The number of benzene rings is 1. The van der Waals surface area contributed by atoms with Gasteiger partial charge in [0.1, 0.15) is 11.4 Å². The first kappa shape index (κ1) is 19.0. The van der Waals surface area contributed by atoms with Crippen LogP contribution in [0.1, 0.15) is 26.4 Å². The molecule has 0 unspecified atom stereocenters. The molecule has 144 valence electrons. The number of nitrogens with two attached hydrogens (primary N) is 1. The number of carbonyl (C=O) groups is 2. The number of hydrogen-bond acceptors (Lipinski definition) is 7. The lowest BCUT2D eigenvalue weighted by molar-refractivity contribution is 0.0476. The van der Waals surface area contributed by atoms with Gasteiger partial charge in [0.15, 0.2) is 6.61 Å². The van der Waals surface area contributed by atoms with Crippen LogP contribution < -0.4 is 17.0 Å². The Morgan fingerprint density at radius 1 is 1.14 bits per heavy atom. The molecule has 0 bridgehead atoms. The summed E-state index contributed by atoms with van der Waals surface area (Å²) in [5.74, 6) is -1.80. The van der Waals surface area contributed by atoms with Gasteiger partial charge in [0, 0.05) is 25.2 Å². The minimum Gasteiger partial charge on any atom is -0.454 e. The Bertz CT molecular complexity index is 1240. The van der Waals surface area contributed by atoms with Crippen molar-refractivity contribution in [2.45, 2.75) is 6.92 Å². The predicted molar refractivity (Wildman–Crippen MR) is 102 cm³/mol. The number of ether oxygens (including phenoxy) is 1. The fourth-order valence-corrected chi connectivity index (χ4v) is 2.88. The van der Waals surface area contributed by atoms with Crippen molar-refractivity contribution in [3.05, 3.63) is 68.0 Å². The molecule has 0 atom stereocenters. The molecule has 0 aliphatic rings. The van der Waals surface area contributed by atoms with Gasteiger partial charge in [0.25, 0.3) is 5.56 Å². The number of nitrogens with zero attached hydrogens (tertiary/aromatic N) is 3. The van der Waals surface area contributed by atoms with Gasteiger partial charge in [0.05, 0.1) is 11.1 Å². The van der Waals surface area contributed by atoms with E-state index in [1.54, 1.807) is 37.3 Å². The highest BCUT2D eigenvalue weighted by molar-refractivity contribution is 6.06. The van der Waals surface area contributed by atoms with E-state index >= 15 is 0 Å². The molecule has 3 rings (SSSR count). The summed E-state index contributed by atoms with van der Waals surface area (Å²) in [6.07, 6.45) is 0. The van der Waals surface area contributed by atoms with Crippen LogP contribution in [0.5, 0.6) is 0 Å². The lowest BCUT2D eigenvalue weighted by atomic mass is 10.1. The Hall–Kier alpha value is -3.75. The number of rotatable bonds is 4. The lowest BCUT2D eigenvalue weighted by Crippen LogP contribution is -2.42. The summed E-state index contributed by atoms with van der Waals surface area (Å²) in [4.78, 5) is 53.4. The second-order valence-electron chi connectivity index (χ2n) is 6.29. The van der Waals surface area contributed by atoms with E-state index in [0.717, 1.165) is 9.13 Å². The minimum atomic E-state index is -0.841. The van der Waals surface area contributed by atoms with Crippen LogP contribution in [-0.4, -0.2) is 32.5 Å². The van der Waals surface area contributed by atoms with Gasteiger partial charge in [-0.25, -0.2) is 9.59 Å². The zero-order valence-corrected chi connectivity index (χ0v) is 15.6. The average molecular weight is 382 g/mol. The average Bonchev–Trinajstić information content (AvgIpc) is 2.68. The summed E-state index contributed by atoms with van der Waals surface area (Å²) in [6, 6.07) is 8.61. The van der Waals surface area contributed by atoms with Crippen LogP contribution in [0, 0.1) is 6.92 Å². The molecule has 0 amide bonds. The van der Waals surface area contributed by atoms with Gasteiger partial charge in [-0.3, -0.25) is 23.7 Å². The van der Waals surface area contributed by atoms with Crippen LogP contribution in [0.4, 0.5) is 5.82 Å². The highest BCUT2D eigenvalue weighted by Crippen LogP contribution is 2.19. The van der Waals surface area contributed by atoms with E-state index in [2.05, 4.69) is 4.98 Å². The van der Waals surface area contributed by atoms with Gasteiger partial charge < -0.3 is 10.5 Å². The number of ketones is 1. The third-order valence-electron chi connectivity index (χ3n) is 4.39. The number of carbonyl (C=O) groups excluding carboxylic acids is 2. The van der Waals surface area contributed by atoms with E-state index in [1.807, 2.05) is 0 Å². The van der Waals surface area contributed by atoms with Gasteiger partial charge in [-0.15, -0.1) is 0 Å². The SMILES string of the molecule is Cc1cc(C(=O)OCC(=O)c2c(N)n(C)c(=O)n(C)c2=O)c2ccccc2n1. The van der Waals surface area contributed by atoms with E-state index < -0.39 is 35.2 Å². The van der Waals surface area contributed by atoms with E-state index in [9.17, 15) is 19.2 Å². The summed E-state index contributed by atoms with van der Waals surface area (Å²) in [5.41, 5.74) is 5.35. The molecular formula is C19H18N4O5. The molecule has 0 fully saturated rings. The molecule has 2 N–H and O–H groups in total. The predicted octanol–water partition coefficient (Wildman–Crippen LogP) is 0.563. The number of anilines is 1. The molecule has 0 saturated carbocycles. The molecule has 9 nitrogen and oxygen atoms in total. The zero-order valence-electron chi connectivity index (χ0n) is 15.6. The number of pyridine rings is 1. The standard InChI is InChI=1S/C19H18N4O5/c1-10-8-12(11-6-4-5-7-13(11)21-10)18(26)28-9-14(24)15-16(20)22(2)19(27)23(3)17(15)25/h4-8H,9,20H2,1-3H3. The maximum Gasteiger partial charge on any atom is 0.339 e. The number of aryl methyl sites for hydroxylation is 1. The van der Waals surface area contributed by atoms with Gasteiger partial charge in [-0.1, -0.05) is 18.2 Å². The summed E-state index contributed by atoms with van der Waals surface area (Å²) in [7, 11) is 2.57. The third-order valence-corrected chi connectivity index (χ3v) is 4.39. The van der Waals surface area contributed by atoms with Crippen LogP contribution in [-0.2, 0) is 18.8 Å². The summed E-state index contributed by atoms with van der Waals surface area (Å²) >= 11 is 0. The molecule has 28 heavy (non-hydrogen) atoms. The number of aromatic nitrogens is 3. The highest BCUT2D eigenvalue weighted by Gasteiger charge is 2.22. The van der Waals surface area contributed by atoms with Gasteiger partial charge in [-0.2, -0.15) is 0 Å². The second kappa shape index (κ2) is 7.10. The number of fused-ring (bicyclic) bond motifs is 1. The van der Waals surface area contributed by atoms with Gasteiger partial charge in [0.2, 0.25) is 5.78 Å². The zero-order chi connectivity index (χ0) is 20.6. The lowest BCUT2D eigenvalue weighted by Gasteiger charge is -2.11. The van der Waals surface area contributed by atoms with Crippen molar-refractivity contribution in [2.24, 2.45) is 14.1 Å². The highest BCUT2D eigenvalue weighted by atomic mass is 16.5. The molecule has 0 radical (unpaired) electrons. The number of para-hydroxylation sites is 1. The molecule has 0 aliphatic carbocycles. The molecule has 0 aliphatic heterocycles. The Balaban J connectivity index is 1.90. The fourth-order valence-electron chi connectivity index (χ4n) is 2.88. The van der Waals surface area contributed by atoms with Gasteiger partial charge in [-0.05, 0) is 19.1 Å². The molecule has 1 aromatic carbocycles. The van der Waals surface area contributed by atoms with Crippen molar-refractivity contribution in [2.75, 3.05) is 12.3 Å². The Morgan fingerprint density at radius 3 is 2.54 bits per heavy atom.